The zero-order valence-corrected chi connectivity index (χ0v) is 8.76. The Balaban J connectivity index is 2.75. The molecule has 0 spiro atoms. The highest BCUT2D eigenvalue weighted by molar-refractivity contribution is 5.75. The van der Waals surface area contributed by atoms with Crippen LogP contribution >= 0.6 is 0 Å². The molecule has 5 nitrogen and oxygen atoms in total. The molecule has 0 radical (unpaired) electrons. The average Bonchev–Trinajstić information content (AvgIpc) is 2.19. The van der Waals surface area contributed by atoms with Crippen LogP contribution in [0.15, 0.2) is 24.5 Å². The fourth-order valence-electron chi connectivity index (χ4n) is 1.50. The molecule has 4 N–H and O–H groups in total. The molecule has 0 aliphatic rings. The predicted molar refractivity (Wildman–Crippen MR) is 57.9 cm³/mol. The molecule has 0 saturated heterocycles. The number of rotatable bonds is 5. The van der Waals surface area contributed by atoms with Crippen LogP contribution in [0, 0.1) is 0 Å². The fraction of sp³-hybridized carbons (Fsp3) is 0.400. The Morgan fingerprint density at radius 2 is 2.40 bits per heavy atom. The van der Waals surface area contributed by atoms with Crippen molar-refractivity contribution in [3.8, 4) is 0 Å². The lowest BCUT2D eigenvalue weighted by Gasteiger charge is -2.25. The van der Waals surface area contributed by atoms with Gasteiger partial charge >= 0.3 is 0 Å². The molecule has 0 aliphatic heterocycles. The third kappa shape index (κ3) is 3.30. The maximum Gasteiger partial charge on any atom is 0.231 e. The van der Waals surface area contributed by atoms with Crippen LogP contribution in [0.2, 0.25) is 0 Å². The normalized spacial score (nSPS) is 12.7. The molecule has 1 atom stereocenters. The van der Waals surface area contributed by atoms with E-state index in [1.165, 1.54) is 0 Å². The van der Waals surface area contributed by atoms with Gasteiger partial charge in [-0.2, -0.15) is 0 Å². The summed E-state index contributed by atoms with van der Waals surface area (Å²) in [4.78, 5) is 16.6. The summed E-state index contributed by atoms with van der Waals surface area (Å²) >= 11 is 0. The monoisotopic (exact) mass is 208 g/mol. The predicted octanol–water partition coefficient (Wildman–Crippen LogP) is -0.501. The Kier molecular flexibility index (Phi) is 4.20. The second-order valence-corrected chi connectivity index (χ2v) is 3.42. The molecule has 82 valence electrons. The minimum Gasteiger partial charge on any atom is -0.369 e. The van der Waals surface area contributed by atoms with Gasteiger partial charge in [-0.15, -0.1) is 0 Å². The van der Waals surface area contributed by atoms with Gasteiger partial charge in [-0.3, -0.25) is 14.7 Å². The molecular formula is C10H16N4O. The number of primary amides is 1. The summed E-state index contributed by atoms with van der Waals surface area (Å²) < 4.78 is 0. The number of nitrogens with two attached hydrogens (primary N) is 2. The van der Waals surface area contributed by atoms with E-state index in [0.717, 1.165) is 5.56 Å². The zero-order valence-electron chi connectivity index (χ0n) is 8.76. The molecule has 1 aromatic rings. The van der Waals surface area contributed by atoms with Gasteiger partial charge in [0.2, 0.25) is 5.91 Å². The molecule has 1 rings (SSSR count). The molecule has 1 aromatic heterocycles. The molecule has 0 aliphatic carbocycles. The van der Waals surface area contributed by atoms with Gasteiger partial charge in [-0.25, -0.2) is 0 Å². The van der Waals surface area contributed by atoms with Crippen LogP contribution < -0.4 is 11.5 Å². The lowest BCUT2D eigenvalue weighted by Crippen LogP contribution is -2.37. The van der Waals surface area contributed by atoms with E-state index < -0.39 is 0 Å². The smallest absolute Gasteiger partial charge is 0.231 e. The van der Waals surface area contributed by atoms with Crippen LogP contribution in [0.3, 0.4) is 0 Å². The summed E-state index contributed by atoms with van der Waals surface area (Å²) in [6.07, 6.45) is 3.44. The standard InChI is InChI=1S/C10H16N4O/c1-14(7-10(12)15)9(5-11)8-3-2-4-13-6-8/h2-4,6,9H,5,7,11H2,1H3,(H2,12,15). The highest BCUT2D eigenvalue weighted by Gasteiger charge is 2.16. The number of pyridine rings is 1. The second-order valence-electron chi connectivity index (χ2n) is 3.42. The highest BCUT2D eigenvalue weighted by Crippen LogP contribution is 2.15. The van der Waals surface area contributed by atoms with Crippen molar-refractivity contribution in [3.63, 3.8) is 0 Å². The van der Waals surface area contributed by atoms with Crippen LogP contribution in [0.25, 0.3) is 0 Å². The first-order valence-electron chi connectivity index (χ1n) is 4.73. The number of hydrogen-bond acceptors (Lipinski definition) is 4. The van der Waals surface area contributed by atoms with Crippen LogP contribution in [0.5, 0.6) is 0 Å². The lowest BCUT2D eigenvalue weighted by atomic mass is 10.1. The molecule has 0 fully saturated rings. The first kappa shape index (κ1) is 11.6. The number of aromatic nitrogens is 1. The van der Waals surface area contributed by atoms with Crippen molar-refractivity contribution in [2.45, 2.75) is 6.04 Å². The Bertz CT molecular complexity index is 314. The molecule has 0 saturated carbocycles. The number of likely N-dealkylation sites (N-methyl/N-ethyl adjacent to an activating group) is 1. The van der Waals surface area contributed by atoms with E-state index in [9.17, 15) is 4.79 Å². The van der Waals surface area contributed by atoms with Crippen molar-refractivity contribution in [2.24, 2.45) is 11.5 Å². The molecule has 5 heteroatoms. The topological polar surface area (TPSA) is 85.2 Å². The van der Waals surface area contributed by atoms with E-state index in [1.54, 1.807) is 12.4 Å². The summed E-state index contributed by atoms with van der Waals surface area (Å²) in [5, 5.41) is 0. The number of carbonyl (C=O) groups is 1. The van der Waals surface area contributed by atoms with Crippen LogP contribution in [0.1, 0.15) is 11.6 Å². The third-order valence-electron chi connectivity index (χ3n) is 2.23. The van der Waals surface area contributed by atoms with E-state index in [-0.39, 0.29) is 18.5 Å². The van der Waals surface area contributed by atoms with Crippen LogP contribution in [0.4, 0.5) is 0 Å². The van der Waals surface area contributed by atoms with Crippen molar-refractivity contribution in [1.29, 1.82) is 0 Å². The average molecular weight is 208 g/mol. The quantitative estimate of drug-likeness (QED) is 0.683. The minimum atomic E-state index is -0.361. The Morgan fingerprint density at radius 3 is 2.87 bits per heavy atom. The number of carbonyl (C=O) groups excluding carboxylic acids is 1. The summed E-state index contributed by atoms with van der Waals surface area (Å²) in [5.41, 5.74) is 11.8. The summed E-state index contributed by atoms with van der Waals surface area (Å²) in [6, 6.07) is 3.75. The van der Waals surface area contributed by atoms with E-state index in [4.69, 9.17) is 11.5 Å². The summed E-state index contributed by atoms with van der Waals surface area (Å²) in [6.45, 7) is 0.617. The highest BCUT2D eigenvalue weighted by atomic mass is 16.1. The minimum absolute atomic E-state index is 0.0220. The van der Waals surface area contributed by atoms with Gasteiger partial charge < -0.3 is 11.5 Å². The second kappa shape index (κ2) is 5.43. The maximum absolute atomic E-state index is 10.8. The van der Waals surface area contributed by atoms with Gasteiger partial charge in [0.25, 0.3) is 0 Å². The number of hydrogen-bond donors (Lipinski definition) is 2. The first-order chi connectivity index (χ1) is 7.15. The number of amides is 1. The van der Waals surface area contributed by atoms with Crippen molar-refractivity contribution in [3.05, 3.63) is 30.1 Å². The van der Waals surface area contributed by atoms with Gasteiger partial charge in [0, 0.05) is 25.0 Å². The Hall–Kier alpha value is -1.46. The van der Waals surface area contributed by atoms with Gasteiger partial charge in [-0.1, -0.05) is 6.07 Å². The van der Waals surface area contributed by atoms with E-state index in [2.05, 4.69) is 4.98 Å². The van der Waals surface area contributed by atoms with Crippen molar-refractivity contribution < 1.29 is 4.79 Å². The third-order valence-corrected chi connectivity index (χ3v) is 2.23. The van der Waals surface area contributed by atoms with Crippen LogP contribution in [-0.4, -0.2) is 35.9 Å². The molecule has 1 unspecified atom stereocenters. The van der Waals surface area contributed by atoms with Gasteiger partial charge in [0.1, 0.15) is 0 Å². The van der Waals surface area contributed by atoms with E-state index in [0.29, 0.717) is 6.54 Å². The lowest BCUT2D eigenvalue weighted by molar-refractivity contribution is -0.119. The van der Waals surface area contributed by atoms with Gasteiger partial charge in [0.15, 0.2) is 0 Å². The SMILES string of the molecule is CN(CC(N)=O)C(CN)c1cccnc1. The zero-order chi connectivity index (χ0) is 11.3. The largest absolute Gasteiger partial charge is 0.369 e. The van der Waals surface area contributed by atoms with Crippen LogP contribution in [-0.2, 0) is 4.79 Å². The van der Waals surface area contributed by atoms with Gasteiger partial charge in [-0.05, 0) is 18.7 Å². The molecule has 15 heavy (non-hydrogen) atoms. The van der Waals surface area contributed by atoms with Crippen molar-refractivity contribution >= 4 is 5.91 Å². The maximum atomic E-state index is 10.8. The fourth-order valence-corrected chi connectivity index (χ4v) is 1.50. The molecule has 1 amide bonds. The molecule has 0 aromatic carbocycles. The van der Waals surface area contributed by atoms with Crippen molar-refractivity contribution in [2.75, 3.05) is 20.1 Å². The van der Waals surface area contributed by atoms with Crippen molar-refractivity contribution in [1.82, 2.24) is 9.88 Å². The van der Waals surface area contributed by atoms with E-state index >= 15 is 0 Å². The molecular weight excluding hydrogens is 192 g/mol. The summed E-state index contributed by atoms with van der Waals surface area (Å²) in [7, 11) is 1.81. The molecule has 1 heterocycles. The Morgan fingerprint density at radius 1 is 1.67 bits per heavy atom. The Labute approximate surface area is 89.1 Å². The van der Waals surface area contributed by atoms with Gasteiger partial charge in [0.05, 0.1) is 6.54 Å². The first-order valence-corrected chi connectivity index (χ1v) is 4.73. The molecule has 0 bridgehead atoms. The van der Waals surface area contributed by atoms with E-state index in [1.807, 2.05) is 24.1 Å². The number of nitrogens with zero attached hydrogens (tertiary/aromatic N) is 2. The summed E-state index contributed by atoms with van der Waals surface area (Å²) in [5.74, 6) is -0.361.